The lowest BCUT2D eigenvalue weighted by Crippen LogP contribution is -2.18. The number of aromatic nitrogens is 1. The molecule has 0 saturated carbocycles. The van der Waals surface area contributed by atoms with E-state index in [4.69, 9.17) is 11.1 Å². The highest BCUT2D eigenvalue weighted by molar-refractivity contribution is 7.09. The average molecular weight is 292 g/mol. The van der Waals surface area contributed by atoms with Crippen molar-refractivity contribution in [3.8, 4) is 0 Å². The minimum absolute atomic E-state index is 0.119. The molecule has 0 fully saturated rings. The van der Waals surface area contributed by atoms with E-state index in [1.165, 1.54) is 17.0 Å². The van der Waals surface area contributed by atoms with Crippen LogP contribution in [0, 0.1) is 18.2 Å². The summed E-state index contributed by atoms with van der Waals surface area (Å²) < 4.78 is 13.5. The van der Waals surface area contributed by atoms with E-state index in [0.29, 0.717) is 12.1 Å². The first-order valence-corrected chi connectivity index (χ1v) is 7.05. The molecule has 0 saturated heterocycles. The maximum atomic E-state index is 13.5. The standard InChI is InChI=1S/C14H17FN4S/c1-9-13(20-8-18-9)7-19(2)6-10-3-11(14(16)17)5-12(15)4-10/h3-5,8H,6-7H2,1-2H3,(H3,16,17). The average Bonchev–Trinajstić information content (AvgIpc) is 2.74. The molecule has 106 valence electrons. The van der Waals surface area contributed by atoms with E-state index in [1.54, 1.807) is 17.4 Å². The highest BCUT2D eigenvalue weighted by Gasteiger charge is 2.09. The van der Waals surface area contributed by atoms with E-state index < -0.39 is 0 Å². The van der Waals surface area contributed by atoms with Gasteiger partial charge in [-0.05, 0) is 37.7 Å². The molecule has 4 nitrogen and oxygen atoms in total. The lowest BCUT2D eigenvalue weighted by molar-refractivity contribution is 0.320. The van der Waals surface area contributed by atoms with E-state index in [9.17, 15) is 4.39 Å². The first-order valence-electron chi connectivity index (χ1n) is 6.17. The summed E-state index contributed by atoms with van der Waals surface area (Å²) in [5.74, 6) is -0.484. The highest BCUT2D eigenvalue weighted by Crippen LogP contribution is 2.16. The Morgan fingerprint density at radius 2 is 2.15 bits per heavy atom. The zero-order valence-corrected chi connectivity index (χ0v) is 12.3. The zero-order chi connectivity index (χ0) is 14.7. The first-order chi connectivity index (χ1) is 9.45. The number of benzene rings is 1. The normalized spacial score (nSPS) is 11.0. The fraction of sp³-hybridized carbons (Fsp3) is 0.286. The molecule has 0 bridgehead atoms. The minimum atomic E-state index is -0.366. The number of hydrogen-bond acceptors (Lipinski definition) is 4. The van der Waals surface area contributed by atoms with Gasteiger partial charge in [0.15, 0.2) is 0 Å². The maximum absolute atomic E-state index is 13.5. The fourth-order valence-electron chi connectivity index (χ4n) is 1.99. The fourth-order valence-corrected chi connectivity index (χ4v) is 2.84. The van der Waals surface area contributed by atoms with Crippen LogP contribution in [0.3, 0.4) is 0 Å². The molecule has 0 radical (unpaired) electrons. The van der Waals surface area contributed by atoms with Gasteiger partial charge in [-0.15, -0.1) is 11.3 Å². The van der Waals surface area contributed by atoms with Gasteiger partial charge in [-0.2, -0.15) is 0 Å². The molecule has 3 N–H and O–H groups in total. The summed E-state index contributed by atoms with van der Waals surface area (Å²) >= 11 is 1.62. The third-order valence-electron chi connectivity index (χ3n) is 2.98. The lowest BCUT2D eigenvalue weighted by atomic mass is 10.1. The van der Waals surface area contributed by atoms with Gasteiger partial charge in [0.2, 0.25) is 0 Å². The molecule has 0 aliphatic heterocycles. The van der Waals surface area contributed by atoms with Crippen molar-refractivity contribution in [1.82, 2.24) is 9.88 Å². The van der Waals surface area contributed by atoms with Crippen LogP contribution in [0.15, 0.2) is 23.7 Å². The Kier molecular flexibility index (Phi) is 4.46. The molecule has 2 rings (SSSR count). The molecule has 6 heteroatoms. The van der Waals surface area contributed by atoms with E-state index in [-0.39, 0.29) is 11.7 Å². The number of nitrogen functional groups attached to an aromatic ring is 1. The predicted molar refractivity (Wildman–Crippen MR) is 79.4 cm³/mol. The number of aryl methyl sites for hydroxylation is 1. The number of nitrogens with two attached hydrogens (primary N) is 1. The Balaban J connectivity index is 2.09. The van der Waals surface area contributed by atoms with Crippen molar-refractivity contribution in [3.63, 3.8) is 0 Å². The number of halogens is 1. The van der Waals surface area contributed by atoms with Gasteiger partial charge in [0, 0.05) is 23.5 Å². The smallest absolute Gasteiger partial charge is 0.124 e. The second-order valence-corrected chi connectivity index (χ2v) is 5.73. The van der Waals surface area contributed by atoms with Gasteiger partial charge in [0.05, 0.1) is 11.2 Å². The third kappa shape index (κ3) is 3.61. The molecule has 1 aromatic carbocycles. The molecule has 2 aromatic rings. The summed E-state index contributed by atoms with van der Waals surface area (Å²) in [5.41, 5.74) is 9.49. The van der Waals surface area contributed by atoms with Crippen LogP contribution < -0.4 is 5.73 Å². The largest absolute Gasteiger partial charge is 0.384 e. The van der Waals surface area contributed by atoms with Crippen molar-refractivity contribution in [2.45, 2.75) is 20.0 Å². The molecule has 0 amide bonds. The second kappa shape index (κ2) is 6.11. The molecular weight excluding hydrogens is 275 g/mol. The topological polar surface area (TPSA) is 66.0 Å². The maximum Gasteiger partial charge on any atom is 0.124 e. The van der Waals surface area contributed by atoms with Gasteiger partial charge in [-0.3, -0.25) is 10.3 Å². The number of amidine groups is 1. The molecule has 0 aliphatic carbocycles. The van der Waals surface area contributed by atoms with Crippen LogP contribution in [-0.4, -0.2) is 22.8 Å². The van der Waals surface area contributed by atoms with E-state index in [1.807, 2.05) is 19.5 Å². The number of thiazole rings is 1. The Bertz CT molecular complexity index is 623. The molecule has 1 heterocycles. The number of nitrogens with zero attached hydrogens (tertiary/aromatic N) is 2. The summed E-state index contributed by atoms with van der Waals surface area (Å²) in [6.45, 7) is 3.34. The van der Waals surface area contributed by atoms with Gasteiger partial charge in [0.25, 0.3) is 0 Å². The van der Waals surface area contributed by atoms with Crippen LogP contribution in [0.2, 0.25) is 0 Å². The van der Waals surface area contributed by atoms with Gasteiger partial charge in [-0.25, -0.2) is 9.37 Å². The number of rotatable bonds is 5. The quantitative estimate of drug-likeness (QED) is 0.657. The molecule has 20 heavy (non-hydrogen) atoms. The Hall–Kier alpha value is -1.79. The second-order valence-electron chi connectivity index (χ2n) is 4.80. The van der Waals surface area contributed by atoms with Crippen molar-refractivity contribution in [2.75, 3.05) is 7.05 Å². The molecular formula is C14H17FN4S. The third-order valence-corrected chi connectivity index (χ3v) is 3.90. The molecule has 0 unspecified atom stereocenters. The van der Waals surface area contributed by atoms with Crippen molar-refractivity contribution in [2.24, 2.45) is 5.73 Å². The summed E-state index contributed by atoms with van der Waals surface area (Å²) in [6.07, 6.45) is 0. The SMILES string of the molecule is Cc1ncsc1CN(C)Cc1cc(F)cc(C(=N)N)c1. The number of nitrogens with one attached hydrogen (secondary N) is 1. The first kappa shape index (κ1) is 14.6. The summed E-state index contributed by atoms with van der Waals surface area (Å²) in [4.78, 5) is 7.50. The summed E-state index contributed by atoms with van der Waals surface area (Å²) in [6, 6.07) is 4.50. The van der Waals surface area contributed by atoms with Crippen molar-refractivity contribution in [1.29, 1.82) is 5.41 Å². The Labute approximate surface area is 121 Å². The van der Waals surface area contributed by atoms with E-state index in [0.717, 1.165) is 17.8 Å². The molecule has 0 atom stereocenters. The predicted octanol–water partition coefficient (Wildman–Crippen LogP) is 2.51. The van der Waals surface area contributed by atoms with Crippen molar-refractivity contribution < 1.29 is 4.39 Å². The minimum Gasteiger partial charge on any atom is -0.384 e. The van der Waals surface area contributed by atoms with Gasteiger partial charge < -0.3 is 5.73 Å². The number of hydrogen-bond donors (Lipinski definition) is 2. The Morgan fingerprint density at radius 3 is 2.75 bits per heavy atom. The van der Waals surface area contributed by atoms with Gasteiger partial charge in [-0.1, -0.05) is 0 Å². The molecule has 1 aromatic heterocycles. The van der Waals surface area contributed by atoms with Crippen LogP contribution in [0.4, 0.5) is 4.39 Å². The van der Waals surface area contributed by atoms with Crippen LogP contribution in [0.1, 0.15) is 21.7 Å². The van der Waals surface area contributed by atoms with Crippen LogP contribution in [0.5, 0.6) is 0 Å². The summed E-state index contributed by atoms with van der Waals surface area (Å²) in [5, 5.41) is 7.39. The molecule has 0 aliphatic rings. The van der Waals surface area contributed by atoms with Gasteiger partial charge >= 0.3 is 0 Å². The van der Waals surface area contributed by atoms with Crippen molar-refractivity contribution >= 4 is 17.2 Å². The monoisotopic (exact) mass is 292 g/mol. The summed E-state index contributed by atoms with van der Waals surface area (Å²) in [7, 11) is 1.97. The van der Waals surface area contributed by atoms with Crippen LogP contribution >= 0.6 is 11.3 Å². The van der Waals surface area contributed by atoms with E-state index in [2.05, 4.69) is 9.88 Å². The Morgan fingerprint density at radius 1 is 1.40 bits per heavy atom. The van der Waals surface area contributed by atoms with E-state index >= 15 is 0 Å². The lowest BCUT2D eigenvalue weighted by Gasteiger charge is -2.16. The van der Waals surface area contributed by atoms with Crippen LogP contribution in [-0.2, 0) is 13.1 Å². The zero-order valence-electron chi connectivity index (χ0n) is 11.5. The van der Waals surface area contributed by atoms with Gasteiger partial charge in [0.1, 0.15) is 11.7 Å². The van der Waals surface area contributed by atoms with Crippen molar-refractivity contribution in [3.05, 3.63) is 51.2 Å². The molecule has 0 spiro atoms. The highest BCUT2D eigenvalue weighted by atomic mass is 32.1. The van der Waals surface area contributed by atoms with Crippen LogP contribution in [0.25, 0.3) is 0 Å².